The molecular formula is C11H20O2. The van der Waals surface area contributed by atoms with Gasteiger partial charge in [0.1, 0.15) is 0 Å². The summed E-state index contributed by atoms with van der Waals surface area (Å²) in [5, 5.41) is 8.62. The zero-order valence-corrected chi connectivity index (χ0v) is 8.84. The van der Waals surface area contributed by atoms with Crippen LogP contribution in [0.25, 0.3) is 0 Å². The third kappa shape index (κ3) is 7.57. The van der Waals surface area contributed by atoms with Gasteiger partial charge in [0, 0.05) is 0 Å². The lowest BCUT2D eigenvalue weighted by Gasteiger charge is -2.16. The number of hydrogen-bond donors (Lipinski definition) is 1. The molecule has 2 nitrogen and oxygen atoms in total. The first-order chi connectivity index (χ1) is 5.98. The number of allylic oxidation sites excluding steroid dienone is 2. The molecule has 13 heavy (non-hydrogen) atoms. The summed E-state index contributed by atoms with van der Waals surface area (Å²) in [7, 11) is 0. The minimum Gasteiger partial charge on any atom is -0.481 e. The molecule has 0 bridgehead atoms. The van der Waals surface area contributed by atoms with Gasteiger partial charge in [-0.2, -0.15) is 0 Å². The van der Waals surface area contributed by atoms with Crippen molar-refractivity contribution in [2.75, 3.05) is 0 Å². The van der Waals surface area contributed by atoms with Crippen molar-refractivity contribution in [2.45, 2.75) is 46.5 Å². The Morgan fingerprint density at radius 3 is 2.54 bits per heavy atom. The molecule has 0 rings (SSSR count). The number of carboxylic acids is 1. The molecular weight excluding hydrogens is 164 g/mol. The summed E-state index contributed by atoms with van der Waals surface area (Å²) in [6.07, 6.45) is 7.72. The van der Waals surface area contributed by atoms with Gasteiger partial charge in [0.15, 0.2) is 0 Å². The Labute approximate surface area is 80.7 Å². The summed E-state index contributed by atoms with van der Waals surface area (Å²) in [5.41, 5.74) is -0.209. The van der Waals surface area contributed by atoms with E-state index in [0.717, 1.165) is 6.42 Å². The van der Waals surface area contributed by atoms with Gasteiger partial charge in [0.2, 0.25) is 0 Å². The molecule has 2 heteroatoms. The zero-order valence-electron chi connectivity index (χ0n) is 8.84. The molecule has 0 aromatic heterocycles. The maximum absolute atomic E-state index is 10.5. The highest BCUT2D eigenvalue weighted by atomic mass is 16.4. The molecule has 0 radical (unpaired) electrons. The second kappa shape index (κ2) is 5.79. The monoisotopic (exact) mass is 184 g/mol. The molecule has 1 N–H and O–H groups in total. The van der Waals surface area contributed by atoms with Crippen LogP contribution < -0.4 is 0 Å². The van der Waals surface area contributed by atoms with Crippen LogP contribution in [0.2, 0.25) is 0 Å². The van der Waals surface area contributed by atoms with Crippen LogP contribution in [0.5, 0.6) is 0 Å². The van der Waals surface area contributed by atoms with Crippen LogP contribution >= 0.6 is 0 Å². The summed E-state index contributed by atoms with van der Waals surface area (Å²) in [4.78, 5) is 10.5. The van der Waals surface area contributed by atoms with Crippen LogP contribution in [0, 0.1) is 5.41 Å². The number of carbonyl (C=O) groups is 1. The van der Waals surface area contributed by atoms with Crippen LogP contribution in [-0.4, -0.2) is 11.1 Å². The Morgan fingerprint density at radius 1 is 1.46 bits per heavy atom. The number of carboxylic acid groups (broad SMARTS) is 1. The van der Waals surface area contributed by atoms with Gasteiger partial charge in [-0.1, -0.05) is 45.8 Å². The predicted octanol–water partition coefficient (Wildman–Crippen LogP) is 3.23. The molecule has 0 aromatic rings. The normalized spacial score (nSPS) is 12.2. The maximum Gasteiger partial charge on any atom is 0.304 e. The Balaban J connectivity index is 3.85. The fraction of sp³-hybridized carbons (Fsp3) is 0.727. The highest BCUT2D eigenvalue weighted by Crippen LogP contribution is 2.22. The Kier molecular flexibility index (Phi) is 5.44. The Hall–Kier alpha value is -0.790. The molecule has 0 aliphatic rings. The van der Waals surface area contributed by atoms with Gasteiger partial charge in [-0.3, -0.25) is 4.79 Å². The van der Waals surface area contributed by atoms with E-state index in [1.54, 1.807) is 0 Å². The first-order valence-electron chi connectivity index (χ1n) is 4.87. The van der Waals surface area contributed by atoms with Crippen molar-refractivity contribution in [3.63, 3.8) is 0 Å². The van der Waals surface area contributed by atoms with E-state index in [2.05, 4.69) is 13.0 Å². The van der Waals surface area contributed by atoms with E-state index in [4.69, 9.17) is 5.11 Å². The van der Waals surface area contributed by atoms with E-state index in [0.29, 0.717) is 0 Å². The minimum atomic E-state index is -0.731. The molecule has 0 saturated heterocycles. The standard InChI is InChI=1S/C11H20O2/c1-4-5-6-7-8-11(2,3)9-10(12)13/h7-8H,4-6,9H2,1-3H3,(H,12,13)/b8-7+. The van der Waals surface area contributed by atoms with Gasteiger partial charge in [0.05, 0.1) is 6.42 Å². The molecule has 0 aromatic carbocycles. The quantitative estimate of drug-likeness (QED) is 0.508. The van der Waals surface area contributed by atoms with Crippen LogP contribution in [0.1, 0.15) is 46.5 Å². The lowest BCUT2D eigenvalue weighted by atomic mass is 9.88. The van der Waals surface area contributed by atoms with Gasteiger partial charge >= 0.3 is 5.97 Å². The van der Waals surface area contributed by atoms with Gasteiger partial charge < -0.3 is 5.11 Å². The van der Waals surface area contributed by atoms with E-state index in [9.17, 15) is 4.79 Å². The van der Waals surface area contributed by atoms with Crippen molar-refractivity contribution in [3.8, 4) is 0 Å². The lowest BCUT2D eigenvalue weighted by molar-refractivity contribution is -0.138. The molecule has 76 valence electrons. The molecule has 0 unspecified atom stereocenters. The maximum atomic E-state index is 10.5. The van der Waals surface area contributed by atoms with Crippen molar-refractivity contribution in [1.29, 1.82) is 0 Å². The number of unbranched alkanes of at least 4 members (excludes halogenated alkanes) is 2. The molecule has 0 aliphatic heterocycles. The number of aliphatic carboxylic acids is 1. The van der Waals surface area contributed by atoms with E-state index < -0.39 is 5.97 Å². The van der Waals surface area contributed by atoms with Crippen molar-refractivity contribution >= 4 is 5.97 Å². The van der Waals surface area contributed by atoms with Gasteiger partial charge in [-0.15, -0.1) is 0 Å². The zero-order chi connectivity index (χ0) is 10.3. The Morgan fingerprint density at radius 2 is 2.08 bits per heavy atom. The summed E-state index contributed by atoms with van der Waals surface area (Å²) in [6.45, 7) is 6.05. The largest absolute Gasteiger partial charge is 0.481 e. The molecule has 0 saturated carbocycles. The predicted molar refractivity (Wildman–Crippen MR) is 54.7 cm³/mol. The fourth-order valence-corrected chi connectivity index (χ4v) is 1.17. The second-order valence-electron chi connectivity index (χ2n) is 4.10. The van der Waals surface area contributed by atoms with Crippen molar-refractivity contribution in [3.05, 3.63) is 12.2 Å². The third-order valence-corrected chi connectivity index (χ3v) is 1.90. The van der Waals surface area contributed by atoms with E-state index in [-0.39, 0.29) is 11.8 Å². The summed E-state index contributed by atoms with van der Waals surface area (Å²) in [6, 6.07) is 0. The van der Waals surface area contributed by atoms with E-state index in [1.165, 1.54) is 12.8 Å². The van der Waals surface area contributed by atoms with Crippen molar-refractivity contribution < 1.29 is 9.90 Å². The second-order valence-corrected chi connectivity index (χ2v) is 4.10. The minimum absolute atomic E-state index is 0.204. The SMILES string of the molecule is CCCC/C=C/C(C)(C)CC(=O)O. The van der Waals surface area contributed by atoms with Crippen LogP contribution in [-0.2, 0) is 4.79 Å². The molecule has 0 atom stereocenters. The average Bonchev–Trinajstić information content (AvgIpc) is 1.95. The van der Waals surface area contributed by atoms with Gasteiger partial charge in [0.25, 0.3) is 0 Å². The van der Waals surface area contributed by atoms with E-state index >= 15 is 0 Å². The first-order valence-corrected chi connectivity index (χ1v) is 4.87. The molecule has 0 fully saturated rings. The van der Waals surface area contributed by atoms with Crippen molar-refractivity contribution in [1.82, 2.24) is 0 Å². The van der Waals surface area contributed by atoms with Crippen molar-refractivity contribution in [2.24, 2.45) is 5.41 Å². The molecule has 0 heterocycles. The highest BCUT2D eigenvalue weighted by Gasteiger charge is 2.17. The lowest BCUT2D eigenvalue weighted by Crippen LogP contribution is -2.13. The fourth-order valence-electron chi connectivity index (χ4n) is 1.17. The van der Waals surface area contributed by atoms with Gasteiger partial charge in [-0.25, -0.2) is 0 Å². The topological polar surface area (TPSA) is 37.3 Å². The third-order valence-electron chi connectivity index (χ3n) is 1.90. The van der Waals surface area contributed by atoms with Crippen LogP contribution in [0.3, 0.4) is 0 Å². The average molecular weight is 184 g/mol. The van der Waals surface area contributed by atoms with Crippen LogP contribution in [0.4, 0.5) is 0 Å². The Bertz CT molecular complexity index is 181. The summed E-state index contributed by atoms with van der Waals surface area (Å²) >= 11 is 0. The molecule has 0 amide bonds. The summed E-state index contributed by atoms with van der Waals surface area (Å²) < 4.78 is 0. The first kappa shape index (κ1) is 12.2. The molecule has 0 aliphatic carbocycles. The van der Waals surface area contributed by atoms with Crippen LogP contribution in [0.15, 0.2) is 12.2 Å². The van der Waals surface area contributed by atoms with E-state index in [1.807, 2.05) is 19.9 Å². The number of hydrogen-bond acceptors (Lipinski definition) is 1. The highest BCUT2D eigenvalue weighted by molar-refractivity contribution is 5.67. The number of rotatable bonds is 6. The van der Waals surface area contributed by atoms with Gasteiger partial charge in [-0.05, 0) is 11.8 Å². The molecule has 0 spiro atoms. The summed E-state index contributed by atoms with van der Waals surface area (Å²) in [5.74, 6) is -0.731. The smallest absolute Gasteiger partial charge is 0.304 e.